The van der Waals surface area contributed by atoms with Crippen LogP contribution in [0.2, 0.25) is 0 Å². The van der Waals surface area contributed by atoms with E-state index in [2.05, 4.69) is 18.7 Å². The van der Waals surface area contributed by atoms with Gasteiger partial charge in [-0.25, -0.2) is 10.1 Å². The summed E-state index contributed by atoms with van der Waals surface area (Å²) in [4.78, 5) is 3.34. The van der Waals surface area contributed by atoms with Crippen LogP contribution in [0, 0.1) is 23.8 Å². The normalized spacial score (nSPS) is 28.0. The van der Waals surface area contributed by atoms with Crippen molar-refractivity contribution in [2.45, 2.75) is 77.4 Å². The Morgan fingerprint density at radius 2 is 1.70 bits per heavy atom. The SMILES string of the molecule is [C-]#[N+]C(C#N)=C1OB2OC(CCCCC)C1C(CCCCC)O2. The van der Waals surface area contributed by atoms with Crippen LogP contribution in [0.15, 0.2) is 11.5 Å². The Morgan fingerprint density at radius 3 is 2.13 bits per heavy atom. The standard InChI is InChI=1S/C17H25BN2O3/c1-4-6-8-10-14-16-15(11-9-7-5-2)22-18(21-14)23-17(16)13(12-19)20-3/h14-16H,4-11H2,1-2H3. The third-order valence-electron chi connectivity index (χ3n) is 4.53. The lowest BCUT2D eigenvalue weighted by Crippen LogP contribution is -2.56. The highest BCUT2D eigenvalue weighted by atomic mass is 16.8. The van der Waals surface area contributed by atoms with E-state index in [-0.39, 0.29) is 23.8 Å². The summed E-state index contributed by atoms with van der Waals surface area (Å²) in [5, 5.41) is 9.22. The first-order chi connectivity index (χ1) is 11.2. The van der Waals surface area contributed by atoms with Gasteiger partial charge in [-0.05, 0) is 12.8 Å². The van der Waals surface area contributed by atoms with E-state index >= 15 is 0 Å². The van der Waals surface area contributed by atoms with E-state index in [1.165, 1.54) is 0 Å². The van der Waals surface area contributed by atoms with Crippen molar-refractivity contribution < 1.29 is 14.0 Å². The molecule has 23 heavy (non-hydrogen) atoms. The van der Waals surface area contributed by atoms with Crippen LogP contribution in [0.3, 0.4) is 0 Å². The minimum Gasteiger partial charge on any atom is -0.522 e. The molecule has 2 unspecified atom stereocenters. The molecule has 3 aliphatic rings. The molecule has 0 aliphatic carbocycles. The smallest absolute Gasteiger partial charge is 0.522 e. The fraction of sp³-hybridized carbons (Fsp3) is 0.765. The van der Waals surface area contributed by atoms with Gasteiger partial charge in [0.25, 0.3) is 5.70 Å². The fourth-order valence-electron chi connectivity index (χ4n) is 3.34. The quantitative estimate of drug-likeness (QED) is 0.291. The first-order valence-electron chi connectivity index (χ1n) is 8.74. The van der Waals surface area contributed by atoms with Gasteiger partial charge in [0.05, 0.1) is 30.8 Å². The summed E-state index contributed by atoms with van der Waals surface area (Å²) < 4.78 is 17.3. The van der Waals surface area contributed by atoms with Crippen molar-refractivity contribution in [3.63, 3.8) is 0 Å². The minimum absolute atomic E-state index is 0.0132. The molecule has 0 amide bonds. The van der Waals surface area contributed by atoms with Gasteiger partial charge in [-0.1, -0.05) is 52.4 Å². The van der Waals surface area contributed by atoms with Crippen molar-refractivity contribution in [3.8, 4) is 6.07 Å². The Balaban J connectivity index is 2.17. The maximum atomic E-state index is 9.22. The summed E-state index contributed by atoms with van der Waals surface area (Å²) in [6.07, 6.45) is 8.61. The van der Waals surface area contributed by atoms with E-state index in [1.54, 1.807) is 0 Å². The summed E-state index contributed by atoms with van der Waals surface area (Å²) in [5.41, 5.74) is 0.0487. The Bertz CT molecular complexity index is 473. The highest BCUT2D eigenvalue weighted by molar-refractivity contribution is 6.37. The highest BCUT2D eigenvalue weighted by Crippen LogP contribution is 2.42. The van der Waals surface area contributed by atoms with Crippen LogP contribution in [0.25, 0.3) is 4.85 Å². The number of hydrogen-bond acceptors (Lipinski definition) is 4. The topological polar surface area (TPSA) is 55.8 Å². The van der Waals surface area contributed by atoms with Gasteiger partial charge in [0.15, 0.2) is 0 Å². The zero-order chi connectivity index (χ0) is 16.7. The van der Waals surface area contributed by atoms with E-state index in [0.29, 0.717) is 5.76 Å². The second kappa shape index (κ2) is 8.96. The molecule has 0 N–H and O–H groups in total. The van der Waals surface area contributed by atoms with Crippen molar-refractivity contribution in [1.82, 2.24) is 0 Å². The highest BCUT2D eigenvalue weighted by Gasteiger charge is 2.53. The van der Waals surface area contributed by atoms with Crippen LogP contribution in [-0.4, -0.2) is 19.5 Å². The van der Waals surface area contributed by atoms with Crippen LogP contribution in [0.5, 0.6) is 0 Å². The lowest BCUT2D eigenvalue weighted by Gasteiger charge is -2.47. The molecule has 0 saturated carbocycles. The second-order valence-corrected chi connectivity index (χ2v) is 6.21. The molecule has 3 fully saturated rings. The van der Waals surface area contributed by atoms with Gasteiger partial charge < -0.3 is 14.0 Å². The average molecular weight is 316 g/mol. The largest absolute Gasteiger partial charge is 0.712 e. The van der Waals surface area contributed by atoms with Crippen molar-refractivity contribution >= 4 is 7.32 Å². The Labute approximate surface area is 139 Å². The van der Waals surface area contributed by atoms with Crippen LogP contribution >= 0.6 is 0 Å². The third-order valence-corrected chi connectivity index (χ3v) is 4.53. The average Bonchev–Trinajstić information content (AvgIpc) is 2.56. The molecule has 3 saturated heterocycles. The van der Waals surface area contributed by atoms with Crippen molar-refractivity contribution in [2.24, 2.45) is 5.92 Å². The van der Waals surface area contributed by atoms with Crippen molar-refractivity contribution in [2.75, 3.05) is 0 Å². The van der Waals surface area contributed by atoms with Gasteiger partial charge in [-0.2, -0.15) is 0 Å². The maximum absolute atomic E-state index is 9.22. The number of hydrogen-bond donors (Lipinski definition) is 0. The van der Waals surface area contributed by atoms with Crippen LogP contribution < -0.4 is 0 Å². The molecule has 0 radical (unpaired) electrons. The summed E-state index contributed by atoms with van der Waals surface area (Å²) >= 11 is 0. The second-order valence-electron chi connectivity index (χ2n) is 6.21. The molecule has 2 bridgehead atoms. The van der Waals surface area contributed by atoms with Gasteiger partial charge in [0.1, 0.15) is 5.76 Å². The molecular formula is C17H25BN2O3. The van der Waals surface area contributed by atoms with E-state index in [9.17, 15) is 5.26 Å². The van der Waals surface area contributed by atoms with E-state index in [4.69, 9.17) is 20.5 Å². The van der Waals surface area contributed by atoms with Gasteiger partial charge >= 0.3 is 7.32 Å². The monoisotopic (exact) mass is 316 g/mol. The van der Waals surface area contributed by atoms with E-state index in [0.717, 1.165) is 51.4 Å². The number of nitriles is 1. The lowest BCUT2D eigenvalue weighted by molar-refractivity contribution is -0.114. The third kappa shape index (κ3) is 4.28. The van der Waals surface area contributed by atoms with Crippen LogP contribution in [-0.2, 0) is 14.0 Å². The lowest BCUT2D eigenvalue weighted by atomic mass is 9.80. The Kier molecular flexibility index (Phi) is 6.96. The minimum atomic E-state index is -0.765. The van der Waals surface area contributed by atoms with Gasteiger partial charge in [-0.3, -0.25) is 0 Å². The summed E-state index contributed by atoms with van der Waals surface area (Å²) in [5.74, 6) is 0.366. The molecule has 0 aromatic carbocycles. The van der Waals surface area contributed by atoms with Gasteiger partial charge in [0, 0.05) is 0 Å². The molecule has 2 atom stereocenters. The molecule has 6 heteroatoms. The summed E-state index contributed by atoms with van der Waals surface area (Å²) in [7, 11) is -0.765. The molecular weight excluding hydrogens is 291 g/mol. The van der Waals surface area contributed by atoms with Crippen LogP contribution in [0.1, 0.15) is 65.2 Å². The molecule has 0 aromatic heterocycles. The fourth-order valence-corrected chi connectivity index (χ4v) is 3.34. The molecule has 0 aromatic rings. The molecule has 5 nitrogen and oxygen atoms in total. The predicted octanol–water partition coefficient (Wildman–Crippen LogP) is 4.22. The summed E-state index contributed by atoms with van der Waals surface area (Å²) in [6, 6.07) is 1.97. The molecule has 3 heterocycles. The zero-order valence-corrected chi connectivity index (χ0v) is 14.1. The first-order valence-corrected chi connectivity index (χ1v) is 8.74. The van der Waals surface area contributed by atoms with Crippen LogP contribution in [0.4, 0.5) is 0 Å². The zero-order valence-electron chi connectivity index (χ0n) is 14.1. The number of allylic oxidation sites excluding steroid dienone is 1. The number of fused-ring (bicyclic) bond motifs is 3. The van der Waals surface area contributed by atoms with Crippen molar-refractivity contribution in [3.05, 3.63) is 22.9 Å². The predicted molar refractivity (Wildman–Crippen MR) is 87.6 cm³/mol. The Hall–Kier alpha value is -1.50. The summed E-state index contributed by atoms with van der Waals surface area (Å²) in [6.45, 7) is 11.6. The first kappa shape index (κ1) is 17.9. The number of unbranched alkanes of at least 4 members (excludes halogenated alkanes) is 4. The maximum Gasteiger partial charge on any atom is 0.712 e. The van der Waals surface area contributed by atoms with Gasteiger partial charge in [-0.15, -0.1) is 0 Å². The number of nitrogens with zero attached hydrogens (tertiary/aromatic N) is 2. The van der Waals surface area contributed by atoms with E-state index < -0.39 is 7.32 Å². The molecule has 0 spiro atoms. The van der Waals surface area contributed by atoms with E-state index in [1.807, 2.05) is 6.07 Å². The Morgan fingerprint density at radius 1 is 1.13 bits per heavy atom. The number of rotatable bonds is 8. The van der Waals surface area contributed by atoms with Crippen molar-refractivity contribution in [1.29, 1.82) is 5.26 Å². The van der Waals surface area contributed by atoms with Gasteiger partial charge in [0.2, 0.25) is 0 Å². The molecule has 3 aliphatic heterocycles. The molecule has 124 valence electrons. The molecule has 3 rings (SSSR count).